The normalized spacial score (nSPS) is 15.9. The van der Waals surface area contributed by atoms with Gasteiger partial charge in [0.1, 0.15) is 12.4 Å². The summed E-state index contributed by atoms with van der Waals surface area (Å²) in [4.78, 5) is 4.34. The van der Waals surface area contributed by atoms with Crippen molar-refractivity contribution in [2.75, 3.05) is 25.1 Å². The highest BCUT2D eigenvalue weighted by atomic mass is 16.5. The molecule has 16 heavy (non-hydrogen) atoms. The monoisotopic (exact) mass is 222 g/mol. The van der Waals surface area contributed by atoms with Gasteiger partial charge in [0.05, 0.1) is 25.0 Å². The standard InChI is InChI=1S/C11H18N4O/c1-2-3-5-15-8-10(7-13-15)14-11-9-16-6-4-12-11/h7-8H,2-6,9H2,1H3,(H,12,14). The van der Waals surface area contributed by atoms with Crippen molar-refractivity contribution < 1.29 is 4.74 Å². The van der Waals surface area contributed by atoms with Crippen LogP contribution in [0.1, 0.15) is 19.8 Å². The van der Waals surface area contributed by atoms with Crippen LogP contribution in [0, 0.1) is 0 Å². The van der Waals surface area contributed by atoms with Crippen LogP contribution >= 0.6 is 0 Å². The number of hydrogen-bond donors (Lipinski definition) is 1. The lowest BCUT2D eigenvalue weighted by Gasteiger charge is -2.13. The molecule has 0 atom stereocenters. The molecule has 0 unspecified atom stereocenters. The Labute approximate surface area is 95.5 Å². The lowest BCUT2D eigenvalue weighted by Crippen LogP contribution is -2.24. The van der Waals surface area contributed by atoms with Gasteiger partial charge in [-0.05, 0) is 6.42 Å². The van der Waals surface area contributed by atoms with E-state index in [1.807, 2.05) is 17.1 Å². The SMILES string of the molecule is CCCCn1cc(NC2=NCCOC2)cn1. The summed E-state index contributed by atoms with van der Waals surface area (Å²) in [5, 5.41) is 7.50. The van der Waals surface area contributed by atoms with Crippen molar-refractivity contribution in [2.45, 2.75) is 26.3 Å². The van der Waals surface area contributed by atoms with Gasteiger partial charge in [0.2, 0.25) is 0 Å². The molecule has 0 radical (unpaired) electrons. The van der Waals surface area contributed by atoms with E-state index < -0.39 is 0 Å². The molecule has 0 fully saturated rings. The Morgan fingerprint density at radius 2 is 2.50 bits per heavy atom. The molecule has 0 bridgehead atoms. The van der Waals surface area contributed by atoms with Gasteiger partial charge in [-0.15, -0.1) is 0 Å². The lowest BCUT2D eigenvalue weighted by molar-refractivity contribution is 0.171. The molecule has 1 aliphatic rings. The van der Waals surface area contributed by atoms with Crippen molar-refractivity contribution in [1.82, 2.24) is 9.78 Å². The van der Waals surface area contributed by atoms with E-state index >= 15 is 0 Å². The molecule has 0 saturated heterocycles. The molecule has 88 valence electrons. The number of nitrogens with one attached hydrogen (secondary N) is 1. The Hall–Kier alpha value is -1.36. The number of hydrogen-bond acceptors (Lipinski definition) is 4. The third kappa shape index (κ3) is 3.06. The summed E-state index contributed by atoms with van der Waals surface area (Å²) < 4.78 is 7.26. The second kappa shape index (κ2) is 5.65. The summed E-state index contributed by atoms with van der Waals surface area (Å²) in [5.41, 5.74) is 0.986. The van der Waals surface area contributed by atoms with Gasteiger partial charge in [-0.3, -0.25) is 9.67 Å². The van der Waals surface area contributed by atoms with Crippen molar-refractivity contribution in [1.29, 1.82) is 0 Å². The molecule has 0 aromatic carbocycles. The fourth-order valence-electron chi connectivity index (χ4n) is 1.57. The topological polar surface area (TPSA) is 51.4 Å². The van der Waals surface area contributed by atoms with Gasteiger partial charge in [-0.25, -0.2) is 0 Å². The van der Waals surface area contributed by atoms with E-state index in [4.69, 9.17) is 4.74 Å². The number of aromatic nitrogens is 2. The molecule has 1 aromatic rings. The van der Waals surface area contributed by atoms with Crippen molar-refractivity contribution >= 4 is 11.5 Å². The largest absolute Gasteiger partial charge is 0.372 e. The third-order valence-electron chi connectivity index (χ3n) is 2.44. The molecule has 5 heteroatoms. The average molecular weight is 222 g/mol. The molecule has 0 saturated carbocycles. The maximum Gasteiger partial charge on any atom is 0.127 e. The first kappa shape index (κ1) is 11.1. The van der Waals surface area contributed by atoms with Crippen LogP contribution in [-0.2, 0) is 11.3 Å². The summed E-state index contributed by atoms with van der Waals surface area (Å²) in [5.74, 6) is 0.890. The molecular weight excluding hydrogens is 204 g/mol. The molecular formula is C11H18N4O. The molecule has 1 aromatic heterocycles. The minimum Gasteiger partial charge on any atom is -0.372 e. The summed E-state index contributed by atoms with van der Waals surface area (Å²) in [6.45, 7) is 5.19. The number of unbranched alkanes of at least 4 members (excludes halogenated alkanes) is 1. The van der Waals surface area contributed by atoms with Crippen molar-refractivity contribution in [3.63, 3.8) is 0 Å². The van der Waals surface area contributed by atoms with E-state index in [9.17, 15) is 0 Å². The Morgan fingerprint density at radius 1 is 1.56 bits per heavy atom. The zero-order valence-electron chi connectivity index (χ0n) is 9.65. The highest BCUT2D eigenvalue weighted by molar-refractivity contribution is 5.96. The number of nitrogens with zero attached hydrogens (tertiary/aromatic N) is 3. The van der Waals surface area contributed by atoms with Crippen molar-refractivity contribution in [2.24, 2.45) is 4.99 Å². The molecule has 1 N–H and O–H groups in total. The van der Waals surface area contributed by atoms with Crippen LogP contribution in [0.2, 0.25) is 0 Å². The number of aryl methyl sites for hydroxylation is 1. The smallest absolute Gasteiger partial charge is 0.127 e. The molecule has 2 rings (SSSR count). The maximum atomic E-state index is 5.31. The Bertz CT molecular complexity index is 359. The van der Waals surface area contributed by atoms with Gasteiger partial charge in [0.25, 0.3) is 0 Å². The molecule has 0 spiro atoms. The minimum atomic E-state index is 0.570. The van der Waals surface area contributed by atoms with Crippen LogP contribution in [0.25, 0.3) is 0 Å². The van der Waals surface area contributed by atoms with Crippen LogP contribution in [0.4, 0.5) is 5.69 Å². The zero-order chi connectivity index (χ0) is 11.2. The number of rotatable bonds is 4. The van der Waals surface area contributed by atoms with Crippen molar-refractivity contribution in [3.05, 3.63) is 12.4 Å². The van der Waals surface area contributed by atoms with E-state index in [2.05, 4.69) is 22.3 Å². The summed E-state index contributed by atoms with van der Waals surface area (Å²) in [6, 6.07) is 0. The molecule has 2 heterocycles. The first-order valence-electron chi connectivity index (χ1n) is 5.79. The fraction of sp³-hybridized carbons (Fsp3) is 0.636. The van der Waals surface area contributed by atoms with E-state index in [1.54, 1.807) is 0 Å². The highest BCUT2D eigenvalue weighted by Gasteiger charge is 2.06. The van der Waals surface area contributed by atoms with Gasteiger partial charge >= 0.3 is 0 Å². The zero-order valence-corrected chi connectivity index (χ0v) is 9.65. The highest BCUT2D eigenvalue weighted by Crippen LogP contribution is 2.07. The van der Waals surface area contributed by atoms with Gasteiger partial charge in [0, 0.05) is 12.7 Å². The predicted molar refractivity (Wildman–Crippen MR) is 63.9 cm³/mol. The summed E-state index contributed by atoms with van der Waals surface area (Å²) >= 11 is 0. The second-order valence-corrected chi connectivity index (χ2v) is 3.85. The molecule has 5 nitrogen and oxygen atoms in total. The first-order valence-corrected chi connectivity index (χ1v) is 5.79. The Kier molecular flexibility index (Phi) is 3.93. The Morgan fingerprint density at radius 3 is 3.25 bits per heavy atom. The van der Waals surface area contributed by atoms with Crippen LogP contribution in [0.15, 0.2) is 17.4 Å². The van der Waals surface area contributed by atoms with Gasteiger partial charge in [-0.2, -0.15) is 5.10 Å². The average Bonchev–Trinajstić information content (AvgIpc) is 2.75. The number of anilines is 1. The van der Waals surface area contributed by atoms with Gasteiger partial charge in [-0.1, -0.05) is 13.3 Å². The number of ether oxygens (including phenoxy) is 1. The summed E-state index contributed by atoms with van der Waals surface area (Å²) in [6.07, 6.45) is 6.17. The van der Waals surface area contributed by atoms with Crippen LogP contribution in [0.5, 0.6) is 0 Å². The minimum absolute atomic E-state index is 0.570. The van der Waals surface area contributed by atoms with Crippen LogP contribution in [-0.4, -0.2) is 35.4 Å². The van der Waals surface area contributed by atoms with Crippen LogP contribution < -0.4 is 5.32 Å². The molecule has 1 aliphatic heterocycles. The second-order valence-electron chi connectivity index (χ2n) is 3.85. The first-order chi connectivity index (χ1) is 7.88. The van der Waals surface area contributed by atoms with Gasteiger partial charge < -0.3 is 10.1 Å². The maximum absolute atomic E-state index is 5.31. The van der Waals surface area contributed by atoms with E-state index in [0.29, 0.717) is 6.61 Å². The van der Waals surface area contributed by atoms with Gasteiger partial charge in [0.15, 0.2) is 0 Å². The quantitative estimate of drug-likeness (QED) is 0.840. The lowest BCUT2D eigenvalue weighted by atomic mass is 10.3. The molecule has 0 aliphatic carbocycles. The third-order valence-corrected chi connectivity index (χ3v) is 2.44. The predicted octanol–water partition coefficient (Wildman–Crippen LogP) is 1.52. The van der Waals surface area contributed by atoms with E-state index in [1.165, 1.54) is 6.42 Å². The van der Waals surface area contributed by atoms with E-state index in [0.717, 1.165) is 37.6 Å². The Balaban J connectivity index is 1.89. The fourth-order valence-corrected chi connectivity index (χ4v) is 1.57. The molecule has 0 amide bonds. The summed E-state index contributed by atoms with van der Waals surface area (Å²) in [7, 11) is 0. The van der Waals surface area contributed by atoms with Crippen LogP contribution in [0.3, 0.4) is 0 Å². The van der Waals surface area contributed by atoms with E-state index in [-0.39, 0.29) is 0 Å². The number of amidine groups is 1. The van der Waals surface area contributed by atoms with Crippen molar-refractivity contribution in [3.8, 4) is 0 Å². The number of aliphatic imine (C=N–C) groups is 1.